The molecule has 0 aliphatic heterocycles. The molecule has 0 amide bonds. The molecule has 0 bridgehead atoms. The minimum Gasteiger partial charge on any atom is -0.344 e. The van der Waals surface area contributed by atoms with Crippen LogP contribution in [0.2, 0.25) is 0 Å². The summed E-state index contributed by atoms with van der Waals surface area (Å²) in [6.07, 6.45) is 3.47. The van der Waals surface area contributed by atoms with Crippen molar-refractivity contribution in [2.45, 2.75) is 13.8 Å². The summed E-state index contributed by atoms with van der Waals surface area (Å²) in [4.78, 5) is 14.4. The Kier molecular flexibility index (Phi) is 4.20. The topological polar surface area (TPSA) is 41.5 Å². The number of carbonyl (C=O) groups excluding carboxylic acids is 1. The Labute approximate surface area is 60.8 Å². The van der Waals surface area contributed by atoms with Gasteiger partial charge in [0.15, 0.2) is 11.6 Å². The van der Waals surface area contributed by atoms with E-state index >= 15 is 0 Å². The summed E-state index contributed by atoms with van der Waals surface area (Å²) in [5.41, 5.74) is 0. The van der Waals surface area contributed by atoms with Gasteiger partial charge in [-0.05, 0) is 13.1 Å². The molecule has 10 heavy (non-hydrogen) atoms. The van der Waals surface area contributed by atoms with Gasteiger partial charge in [-0.15, -0.1) is 0 Å². The normalized spacial score (nSPS) is 12.1. The summed E-state index contributed by atoms with van der Waals surface area (Å²) in [6, 6.07) is 0. The number of nitrogens with zero attached hydrogens (tertiary/aromatic N) is 1. The van der Waals surface area contributed by atoms with Gasteiger partial charge in [0.2, 0.25) is 0 Å². The fourth-order valence-electron chi connectivity index (χ4n) is 0.486. The summed E-state index contributed by atoms with van der Waals surface area (Å²) in [7, 11) is 1.58. The molecule has 3 nitrogen and oxygen atoms in total. The summed E-state index contributed by atoms with van der Waals surface area (Å²) in [5.74, 6) is 0.332. The molecular formula is C7H12N2O. The van der Waals surface area contributed by atoms with Crippen LogP contribution in [0.1, 0.15) is 13.8 Å². The third kappa shape index (κ3) is 3.02. The third-order valence-corrected chi connectivity index (χ3v) is 0.944. The average molecular weight is 140 g/mol. The Morgan fingerprint density at radius 3 is 2.50 bits per heavy atom. The van der Waals surface area contributed by atoms with Crippen molar-refractivity contribution in [3.8, 4) is 0 Å². The van der Waals surface area contributed by atoms with E-state index in [2.05, 4.69) is 10.3 Å². The molecule has 1 N–H and O–H groups in total. The van der Waals surface area contributed by atoms with Gasteiger partial charge in [0.25, 0.3) is 0 Å². The first-order chi connectivity index (χ1) is 4.72. The number of Topliss-reactive ketones (excluding diaryl/α,β-unsaturated/α-hetero) is 1. The first kappa shape index (κ1) is 8.88. The highest BCUT2D eigenvalue weighted by Crippen LogP contribution is 1.75. The zero-order valence-electron chi connectivity index (χ0n) is 6.51. The van der Waals surface area contributed by atoms with Crippen molar-refractivity contribution >= 4 is 11.6 Å². The molecule has 0 heterocycles. The van der Waals surface area contributed by atoms with E-state index in [-0.39, 0.29) is 5.78 Å². The Morgan fingerprint density at radius 2 is 2.20 bits per heavy atom. The van der Waals surface area contributed by atoms with Crippen LogP contribution in [0, 0.1) is 0 Å². The maximum absolute atomic E-state index is 10.7. The van der Waals surface area contributed by atoms with Crippen LogP contribution in [-0.2, 0) is 4.79 Å². The molecule has 0 saturated heterocycles. The Balaban J connectivity index is 3.99. The summed E-state index contributed by atoms with van der Waals surface area (Å²) >= 11 is 0. The second-order valence-corrected chi connectivity index (χ2v) is 1.77. The van der Waals surface area contributed by atoms with Gasteiger partial charge >= 0.3 is 0 Å². The van der Waals surface area contributed by atoms with Gasteiger partial charge in [0.1, 0.15) is 0 Å². The average Bonchev–Trinajstić information content (AvgIpc) is 1.89. The Bertz CT molecular complexity index is 170. The van der Waals surface area contributed by atoms with Crippen LogP contribution in [0.5, 0.6) is 0 Å². The lowest BCUT2D eigenvalue weighted by atomic mass is 10.4. The van der Waals surface area contributed by atoms with E-state index < -0.39 is 0 Å². The van der Waals surface area contributed by atoms with Gasteiger partial charge in [0, 0.05) is 14.0 Å². The molecule has 0 fully saturated rings. The molecule has 0 atom stereocenters. The van der Waals surface area contributed by atoms with Gasteiger partial charge in [-0.3, -0.25) is 9.79 Å². The number of carbonyl (C=O) groups is 1. The standard InChI is InChI=1S/C7H12N2O/c1-4-5-9-7(8-3)6(2)10/h4-5H,1-3H3,(H,8,9)/b5-4-. The SMILES string of the molecule is C/C=C\NC(=NC)C(C)=O. The predicted molar refractivity (Wildman–Crippen MR) is 42.0 cm³/mol. The zero-order chi connectivity index (χ0) is 7.98. The van der Waals surface area contributed by atoms with Crippen molar-refractivity contribution in [1.29, 1.82) is 0 Å². The van der Waals surface area contributed by atoms with Crippen LogP contribution in [0.15, 0.2) is 17.3 Å². The maximum Gasteiger partial charge on any atom is 0.194 e. The molecule has 0 aliphatic carbocycles. The van der Waals surface area contributed by atoms with Gasteiger partial charge < -0.3 is 5.32 Å². The van der Waals surface area contributed by atoms with E-state index in [0.29, 0.717) is 5.84 Å². The second kappa shape index (κ2) is 4.73. The van der Waals surface area contributed by atoms with Crippen LogP contribution < -0.4 is 5.32 Å². The summed E-state index contributed by atoms with van der Waals surface area (Å²) < 4.78 is 0. The van der Waals surface area contributed by atoms with E-state index in [1.54, 1.807) is 19.3 Å². The number of rotatable bonds is 2. The van der Waals surface area contributed by atoms with E-state index in [0.717, 1.165) is 0 Å². The Hall–Kier alpha value is -1.12. The number of allylic oxidation sites excluding steroid dienone is 1. The van der Waals surface area contributed by atoms with E-state index in [4.69, 9.17) is 0 Å². The monoisotopic (exact) mass is 140 g/mol. The van der Waals surface area contributed by atoms with Gasteiger partial charge in [0.05, 0.1) is 0 Å². The molecule has 0 aromatic carbocycles. The highest BCUT2D eigenvalue weighted by atomic mass is 16.1. The van der Waals surface area contributed by atoms with Crippen molar-refractivity contribution < 1.29 is 4.79 Å². The quantitative estimate of drug-likeness (QED) is 0.453. The van der Waals surface area contributed by atoms with Crippen molar-refractivity contribution in [2.24, 2.45) is 4.99 Å². The number of amidine groups is 1. The molecule has 3 heteroatoms. The number of hydrogen-bond donors (Lipinski definition) is 1. The van der Waals surface area contributed by atoms with Crippen molar-refractivity contribution in [2.75, 3.05) is 7.05 Å². The number of hydrogen-bond acceptors (Lipinski definition) is 2. The Morgan fingerprint density at radius 1 is 1.60 bits per heavy atom. The van der Waals surface area contributed by atoms with Crippen molar-refractivity contribution in [3.63, 3.8) is 0 Å². The fraction of sp³-hybridized carbons (Fsp3) is 0.429. The largest absolute Gasteiger partial charge is 0.344 e. The lowest BCUT2D eigenvalue weighted by Gasteiger charge is -1.97. The maximum atomic E-state index is 10.7. The molecule has 0 aliphatic rings. The number of nitrogens with one attached hydrogen (secondary N) is 1. The molecule has 0 aromatic rings. The van der Waals surface area contributed by atoms with E-state index in [1.165, 1.54) is 6.92 Å². The van der Waals surface area contributed by atoms with Gasteiger partial charge in [-0.2, -0.15) is 0 Å². The summed E-state index contributed by atoms with van der Waals surface area (Å²) in [5, 5.41) is 2.74. The first-order valence-electron chi connectivity index (χ1n) is 3.07. The van der Waals surface area contributed by atoms with Crippen LogP contribution in [0.3, 0.4) is 0 Å². The van der Waals surface area contributed by atoms with Crippen LogP contribution >= 0.6 is 0 Å². The zero-order valence-corrected chi connectivity index (χ0v) is 6.51. The minimum absolute atomic E-state index is 0.0550. The molecule has 0 unspecified atom stereocenters. The molecule has 0 aromatic heterocycles. The van der Waals surface area contributed by atoms with Crippen molar-refractivity contribution in [3.05, 3.63) is 12.3 Å². The highest BCUT2D eigenvalue weighted by Gasteiger charge is 1.98. The highest BCUT2D eigenvalue weighted by molar-refractivity contribution is 6.38. The van der Waals surface area contributed by atoms with Crippen LogP contribution in [0.4, 0.5) is 0 Å². The van der Waals surface area contributed by atoms with E-state index in [1.807, 2.05) is 6.92 Å². The summed E-state index contributed by atoms with van der Waals surface area (Å²) in [6.45, 7) is 3.33. The predicted octanol–water partition coefficient (Wildman–Crippen LogP) is 0.727. The molecule has 0 saturated carbocycles. The third-order valence-electron chi connectivity index (χ3n) is 0.944. The lowest BCUT2D eigenvalue weighted by molar-refractivity contribution is -0.111. The first-order valence-corrected chi connectivity index (χ1v) is 3.07. The van der Waals surface area contributed by atoms with E-state index in [9.17, 15) is 4.79 Å². The minimum atomic E-state index is -0.0550. The molecule has 0 rings (SSSR count). The lowest BCUT2D eigenvalue weighted by Crippen LogP contribution is -2.24. The molecular weight excluding hydrogens is 128 g/mol. The van der Waals surface area contributed by atoms with Crippen LogP contribution in [0.25, 0.3) is 0 Å². The number of ketones is 1. The molecule has 0 spiro atoms. The molecule has 0 radical (unpaired) electrons. The van der Waals surface area contributed by atoms with Crippen LogP contribution in [-0.4, -0.2) is 18.7 Å². The van der Waals surface area contributed by atoms with Crippen molar-refractivity contribution in [1.82, 2.24) is 5.32 Å². The van der Waals surface area contributed by atoms with Gasteiger partial charge in [-0.1, -0.05) is 6.08 Å². The second-order valence-electron chi connectivity index (χ2n) is 1.77. The number of aliphatic imine (C=N–C) groups is 1. The van der Waals surface area contributed by atoms with Gasteiger partial charge in [-0.25, -0.2) is 0 Å². The fourth-order valence-corrected chi connectivity index (χ4v) is 0.486. The molecule has 56 valence electrons. The smallest absolute Gasteiger partial charge is 0.194 e.